The van der Waals surface area contributed by atoms with Gasteiger partial charge in [-0.1, -0.05) is 0 Å². The summed E-state index contributed by atoms with van der Waals surface area (Å²) in [5.41, 5.74) is -4.54. The van der Waals surface area contributed by atoms with Crippen molar-refractivity contribution < 1.29 is 68.3 Å². The van der Waals surface area contributed by atoms with Crippen LogP contribution in [0.2, 0.25) is 0 Å². The third-order valence-corrected chi connectivity index (χ3v) is 11.8. The summed E-state index contributed by atoms with van der Waals surface area (Å²) in [4.78, 5) is 30.6. The molecule has 2 saturated heterocycles. The number of phenols is 2. The van der Waals surface area contributed by atoms with Crippen LogP contribution >= 0.6 is 0 Å². The topological polar surface area (TPSA) is 203 Å². The summed E-state index contributed by atoms with van der Waals surface area (Å²) < 4.78 is 42.2. The van der Waals surface area contributed by atoms with E-state index >= 15 is 0 Å². The van der Waals surface area contributed by atoms with Gasteiger partial charge in [0.05, 0.1) is 40.5 Å². The van der Waals surface area contributed by atoms with Gasteiger partial charge in [-0.05, 0) is 59.5 Å². The summed E-state index contributed by atoms with van der Waals surface area (Å²) in [6.45, 7) is 6.76. The van der Waals surface area contributed by atoms with E-state index in [0.717, 1.165) is 0 Å². The standard InChI is InChI=1S/C37H47NO14/c1-14-31(46-7)37(4,48-9)32(47-8)34(49-14)50-19-13-35(2,45)12-15-10-16-21(26(41)20(15)19)27(42)22-18(39)11-17-29(23(22)25(16)40)51-33-28(43)24(38(5)6)30(44)36(17,3)52-33/h10-11,14,19,24,28,30-34,39,41,43-45H,12-13H2,1-9H3/t14-,19-,24-,28-,30+,31-,32-,33+,34-,35+,36+,37+/m0/s1. The number of likely N-dealkylation sites (N-methyl/N-ethyl adjacent to an activating group) is 1. The van der Waals surface area contributed by atoms with Gasteiger partial charge in [-0.25, -0.2) is 0 Å². The molecule has 2 fully saturated rings. The van der Waals surface area contributed by atoms with Gasteiger partial charge < -0.3 is 63.6 Å². The van der Waals surface area contributed by atoms with Crippen LogP contribution in [0, 0.1) is 0 Å². The molecule has 0 radical (unpaired) electrons. The molecule has 15 heteroatoms. The molecule has 0 spiro atoms. The second kappa shape index (κ2) is 12.4. The van der Waals surface area contributed by atoms with Crippen LogP contribution in [0.4, 0.5) is 0 Å². The number of carbonyl (C=O) groups excluding carboxylic acids is 2. The van der Waals surface area contributed by atoms with Gasteiger partial charge in [0.1, 0.15) is 52.9 Å². The molecule has 0 aromatic heterocycles. The number of ether oxygens (including phenoxy) is 7. The number of aromatic hydroxyl groups is 2. The van der Waals surface area contributed by atoms with Crippen molar-refractivity contribution in [2.45, 2.75) is 113 Å². The zero-order valence-electron chi connectivity index (χ0n) is 30.6. The first kappa shape index (κ1) is 37.1. The number of nitrogens with zero attached hydrogens (tertiary/aromatic N) is 1. The molecule has 5 aliphatic rings. The Bertz CT molecular complexity index is 1830. The predicted octanol–water partition coefficient (Wildman–Crippen LogP) is 1.42. The van der Waals surface area contributed by atoms with E-state index in [-0.39, 0.29) is 46.4 Å². The molecule has 12 atom stereocenters. The number of hydrogen-bond donors (Lipinski definition) is 5. The molecular weight excluding hydrogens is 682 g/mol. The fourth-order valence-electron chi connectivity index (χ4n) is 9.20. The van der Waals surface area contributed by atoms with E-state index in [9.17, 15) is 35.1 Å². The average molecular weight is 730 g/mol. The summed E-state index contributed by atoms with van der Waals surface area (Å²) in [6, 6.07) is 1.82. The van der Waals surface area contributed by atoms with Crippen LogP contribution in [-0.2, 0) is 40.4 Å². The molecule has 2 bridgehead atoms. The van der Waals surface area contributed by atoms with Gasteiger partial charge in [-0.15, -0.1) is 0 Å². The lowest BCUT2D eigenvalue weighted by molar-refractivity contribution is -0.345. The number of aliphatic hydroxyl groups is 3. The van der Waals surface area contributed by atoms with E-state index in [1.54, 1.807) is 39.8 Å². The molecule has 15 nitrogen and oxygen atoms in total. The highest BCUT2D eigenvalue weighted by atomic mass is 16.7. The Morgan fingerprint density at radius 1 is 0.942 bits per heavy atom. The molecule has 0 saturated carbocycles. The number of ketones is 2. The quantitative estimate of drug-likeness (QED) is 0.244. The zero-order valence-corrected chi connectivity index (χ0v) is 30.6. The third-order valence-electron chi connectivity index (χ3n) is 11.8. The van der Waals surface area contributed by atoms with Gasteiger partial charge in [0.15, 0.2) is 12.1 Å². The van der Waals surface area contributed by atoms with Gasteiger partial charge in [0, 0.05) is 50.9 Å². The minimum absolute atomic E-state index is 0.00146. The Morgan fingerprint density at radius 2 is 1.62 bits per heavy atom. The van der Waals surface area contributed by atoms with Gasteiger partial charge >= 0.3 is 0 Å². The van der Waals surface area contributed by atoms with E-state index in [1.165, 1.54) is 33.5 Å². The molecule has 3 aliphatic heterocycles. The average Bonchev–Trinajstić information content (AvgIpc) is 3.05. The lowest BCUT2D eigenvalue weighted by atomic mass is 9.72. The molecule has 5 N–H and O–H groups in total. The maximum absolute atomic E-state index is 14.5. The summed E-state index contributed by atoms with van der Waals surface area (Å²) >= 11 is 0. The second-order valence-electron chi connectivity index (χ2n) is 15.4. The van der Waals surface area contributed by atoms with E-state index in [4.69, 9.17) is 33.2 Å². The summed E-state index contributed by atoms with van der Waals surface area (Å²) in [7, 11) is 7.89. The SMILES string of the molecule is CO[C@H]1[C@H](O[C@H]2C[C@](C)(O)Cc3cc4c(c(O)c32)C(=O)c2c(O)cc3c(c2C4=O)O[C@@H]2O[C@@]3(C)[C@H](O)[C@@H](N(C)C)[C@@H]2O)O[C@@H](C)[C@H](OC)[C@@]1(C)OC. The Morgan fingerprint density at radius 3 is 2.23 bits per heavy atom. The number of methoxy groups -OCH3 is 3. The number of benzene rings is 2. The molecule has 7 rings (SSSR count). The Hall–Kier alpha value is -3.22. The molecular formula is C37H47NO14. The fraction of sp³-hybridized carbons (Fsp3) is 0.622. The maximum atomic E-state index is 14.5. The molecule has 0 unspecified atom stereocenters. The van der Waals surface area contributed by atoms with Crippen molar-refractivity contribution in [2.24, 2.45) is 0 Å². The minimum Gasteiger partial charge on any atom is -0.507 e. The predicted molar refractivity (Wildman–Crippen MR) is 180 cm³/mol. The van der Waals surface area contributed by atoms with Crippen molar-refractivity contribution in [2.75, 3.05) is 35.4 Å². The smallest absolute Gasteiger partial charge is 0.228 e. The molecule has 2 aromatic carbocycles. The highest BCUT2D eigenvalue weighted by Gasteiger charge is 2.60. The minimum atomic E-state index is -1.55. The van der Waals surface area contributed by atoms with E-state index < -0.39 is 101 Å². The van der Waals surface area contributed by atoms with Crippen molar-refractivity contribution in [3.63, 3.8) is 0 Å². The number of fused-ring (bicyclic) bond motifs is 8. The van der Waals surface area contributed by atoms with E-state index in [2.05, 4.69) is 0 Å². The molecule has 2 aromatic rings. The van der Waals surface area contributed by atoms with Crippen LogP contribution in [-0.4, -0.2) is 138 Å². The summed E-state index contributed by atoms with van der Waals surface area (Å²) in [6.07, 6.45) is -8.03. The zero-order chi connectivity index (χ0) is 38.0. The van der Waals surface area contributed by atoms with Crippen LogP contribution in [0.1, 0.15) is 88.8 Å². The highest BCUT2D eigenvalue weighted by molar-refractivity contribution is 6.31. The lowest BCUT2D eigenvalue weighted by Crippen LogP contribution is -2.68. The number of phenolic OH excluding ortho intramolecular Hbond substituents is 2. The third kappa shape index (κ3) is 5.09. The van der Waals surface area contributed by atoms with Gasteiger partial charge in [-0.2, -0.15) is 0 Å². The number of aliphatic hydroxyl groups excluding tert-OH is 2. The lowest BCUT2D eigenvalue weighted by Gasteiger charge is -2.53. The van der Waals surface area contributed by atoms with Gasteiger partial charge in [0.2, 0.25) is 12.1 Å². The van der Waals surface area contributed by atoms with Crippen molar-refractivity contribution in [1.29, 1.82) is 0 Å². The first-order chi connectivity index (χ1) is 24.3. The molecule has 3 heterocycles. The van der Waals surface area contributed by atoms with Crippen molar-refractivity contribution in [1.82, 2.24) is 4.90 Å². The van der Waals surface area contributed by atoms with Crippen LogP contribution in [0.15, 0.2) is 12.1 Å². The Kier molecular flexibility index (Phi) is 8.86. The molecule has 2 aliphatic carbocycles. The summed E-state index contributed by atoms with van der Waals surface area (Å²) in [5.74, 6) is -2.85. The monoisotopic (exact) mass is 729 g/mol. The van der Waals surface area contributed by atoms with Crippen LogP contribution < -0.4 is 4.74 Å². The number of rotatable bonds is 6. The van der Waals surface area contributed by atoms with Crippen molar-refractivity contribution in [3.8, 4) is 17.2 Å². The van der Waals surface area contributed by atoms with Crippen LogP contribution in [0.25, 0.3) is 0 Å². The van der Waals surface area contributed by atoms with Crippen molar-refractivity contribution >= 4 is 11.6 Å². The Labute approximate surface area is 300 Å². The maximum Gasteiger partial charge on any atom is 0.228 e. The summed E-state index contributed by atoms with van der Waals surface area (Å²) in [5, 5.41) is 57.4. The first-order valence-corrected chi connectivity index (χ1v) is 17.2. The first-order valence-electron chi connectivity index (χ1n) is 17.2. The second-order valence-corrected chi connectivity index (χ2v) is 15.4. The largest absolute Gasteiger partial charge is 0.507 e. The van der Waals surface area contributed by atoms with Crippen molar-refractivity contribution in [3.05, 3.63) is 51.1 Å². The van der Waals surface area contributed by atoms with E-state index in [0.29, 0.717) is 5.56 Å². The normalized spacial score (nSPS) is 39.4. The van der Waals surface area contributed by atoms with Gasteiger partial charge in [0.25, 0.3) is 0 Å². The number of hydrogen-bond acceptors (Lipinski definition) is 15. The molecule has 52 heavy (non-hydrogen) atoms. The Balaban J connectivity index is 1.34. The fourth-order valence-corrected chi connectivity index (χ4v) is 9.20. The number of carbonyl (C=O) groups is 2. The van der Waals surface area contributed by atoms with Crippen LogP contribution in [0.3, 0.4) is 0 Å². The van der Waals surface area contributed by atoms with Crippen LogP contribution in [0.5, 0.6) is 17.2 Å². The molecule has 0 amide bonds. The highest BCUT2D eigenvalue weighted by Crippen LogP contribution is 2.55. The molecule has 284 valence electrons. The van der Waals surface area contributed by atoms with Gasteiger partial charge in [-0.3, -0.25) is 9.59 Å². The van der Waals surface area contributed by atoms with E-state index in [1.807, 2.05) is 6.92 Å².